The van der Waals surface area contributed by atoms with Crippen molar-refractivity contribution < 1.29 is 0 Å². The van der Waals surface area contributed by atoms with Gasteiger partial charge in [-0.15, -0.1) is 0 Å². The topological polar surface area (TPSA) is 24.4 Å². The molecule has 16 heavy (non-hydrogen) atoms. The van der Waals surface area contributed by atoms with Crippen molar-refractivity contribution in [2.45, 2.75) is 40.5 Å². The number of thioether (sulfide) groups is 1. The zero-order valence-electron chi connectivity index (χ0n) is 11.0. The van der Waals surface area contributed by atoms with Crippen molar-refractivity contribution in [3.63, 3.8) is 0 Å². The van der Waals surface area contributed by atoms with E-state index in [1.807, 2.05) is 11.8 Å². The quantitative estimate of drug-likeness (QED) is 0.819. The van der Waals surface area contributed by atoms with Crippen LogP contribution in [0.5, 0.6) is 0 Å². The van der Waals surface area contributed by atoms with Gasteiger partial charge in [0, 0.05) is 18.8 Å². The van der Waals surface area contributed by atoms with Crippen LogP contribution in [0.25, 0.3) is 0 Å². The van der Waals surface area contributed by atoms with Gasteiger partial charge in [0.2, 0.25) is 0 Å². The summed E-state index contributed by atoms with van der Waals surface area (Å²) in [6.07, 6.45) is 2.78. The van der Waals surface area contributed by atoms with Crippen LogP contribution in [0.15, 0.2) is 4.99 Å². The Hall–Kier alpha value is -0.180. The molecule has 0 aromatic heterocycles. The van der Waals surface area contributed by atoms with E-state index in [0.717, 1.165) is 19.0 Å². The first-order chi connectivity index (χ1) is 7.44. The smallest absolute Gasteiger partial charge is 0.156 e. The van der Waals surface area contributed by atoms with Crippen LogP contribution in [0.4, 0.5) is 0 Å². The molecule has 1 aliphatic heterocycles. The van der Waals surface area contributed by atoms with Gasteiger partial charge in [-0.05, 0) is 29.6 Å². The third-order valence-corrected chi connectivity index (χ3v) is 5.43. The zero-order valence-corrected chi connectivity index (χ0v) is 11.8. The molecule has 1 fully saturated rings. The third-order valence-electron chi connectivity index (χ3n) is 3.96. The molecule has 1 heterocycles. The van der Waals surface area contributed by atoms with E-state index in [4.69, 9.17) is 0 Å². The van der Waals surface area contributed by atoms with Gasteiger partial charge in [0.15, 0.2) is 5.17 Å². The maximum atomic E-state index is 4.64. The maximum absolute atomic E-state index is 4.64. The molecule has 0 saturated heterocycles. The van der Waals surface area contributed by atoms with Gasteiger partial charge in [0.25, 0.3) is 0 Å². The van der Waals surface area contributed by atoms with Crippen molar-refractivity contribution in [1.82, 2.24) is 5.32 Å². The van der Waals surface area contributed by atoms with E-state index in [-0.39, 0.29) is 0 Å². The van der Waals surface area contributed by atoms with Crippen LogP contribution in [0, 0.1) is 16.7 Å². The minimum Gasteiger partial charge on any atom is -0.364 e. The lowest BCUT2D eigenvalue weighted by Crippen LogP contribution is -2.35. The summed E-state index contributed by atoms with van der Waals surface area (Å²) < 4.78 is 0. The molecule has 0 unspecified atom stereocenters. The molecule has 0 aromatic carbocycles. The van der Waals surface area contributed by atoms with Crippen molar-refractivity contribution in [3.8, 4) is 0 Å². The van der Waals surface area contributed by atoms with Crippen LogP contribution in [-0.2, 0) is 0 Å². The minimum atomic E-state index is 0.380. The number of rotatable bonds is 3. The Morgan fingerprint density at radius 1 is 1.38 bits per heavy atom. The van der Waals surface area contributed by atoms with Crippen LogP contribution in [-0.4, -0.2) is 24.0 Å². The largest absolute Gasteiger partial charge is 0.364 e. The normalized spacial score (nSPS) is 26.4. The van der Waals surface area contributed by atoms with Gasteiger partial charge in [0.05, 0.1) is 0 Å². The second-order valence-corrected chi connectivity index (χ2v) is 7.41. The molecule has 0 spiro atoms. The molecule has 2 nitrogen and oxygen atoms in total. The highest BCUT2D eigenvalue weighted by molar-refractivity contribution is 8.13. The molecule has 2 rings (SSSR count). The van der Waals surface area contributed by atoms with Crippen LogP contribution in [0.2, 0.25) is 0 Å². The van der Waals surface area contributed by atoms with Crippen LogP contribution < -0.4 is 5.32 Å². The molecule has 0 amide bonds. The Kier molecular flexibility index (Phi) is 3.26. The Labute approximate surface area is 104 Å². The zero-order chi connectivity index (χ0) is 11.8. The van der Waals surface area contributed by atoms with Gasteiger partial charge in [-0.25, -0.2) is 0 Å². The average molecular weight is 240 g/mol. The summed E-state index contributed by atoms with van der Waals surface area (Å²) in [7, 11) is 0. The molecule has 2 aliphatic rings. The Morgan fingerprint density at radius 2 is 2.06 bits per heavy atom. The summed E-state index contributed by atoms with van der Waals surface area (Å²) in [6, 6.07) is 0. The molecule has 0 bridgehead atoms. The number of amidine groups is 1. The van der Waals surface area contributed by atoms with Gasteiger partial charge >= 0.3 is 0 Å². The van der Waals surface area contributed by atoms with Gasteiger partial charge in [-0.3, -0.25) is 4.99 Å². The van der Waals surface area contributed by atoms with Crippen molar-refractivity contribution in [3.05, 3.63) is 0 Å². The van der Waals surface area contributed by atoms with E-state index < -0.39 is 0 Å². The minimum absolute atomic E-state index is 0.380. The lowest BCUT2D eigenvalue weighted by Gasteiger charge is -2.28. The number of nitrogens with zero attached hydrogens (tertiary/aromatic N) is 1. The number of aliphatic imine (C=N–C) groups is 1. The first-order valence-corrected chi connectivity index (χ1v) is 7.33. The monoisotopic (exact) mass is 240 g/mol. The summed E-state index contributed by atoms with van der Waals surface area (Å²) in [5.41, 5.74) is 0.960. The van der Waals surface area contributed by atoms with E-state index in [0.29, 0.717) is 10.8 Å². The highest BCUT2D eigenvalue weighted by atomic mass is 32.2. The highest BCUT2D eigenvalue weighted by Gasteiger charge is 2.45. The Morgan fingerprint density at radius 3 is 2.50 bits per heavy atom. The fraction of sp³-hybridized carbons (Fsp3) is 0.923. The number of hydrogen-bond donors (Lipinski definition) is 1. The fourth-order valence-corrected chi connectivity index (χ4v) is 3.07. The molecule has 3 heteroatoms. The van der Waals surface area contributed by atoms with E-state index in [1.165, 1.54) is 23.8 Å². The van der Waals surface area contributed by atoms with Crippen molar-refractivity contribution in [2.75, 3.05) is 18.8 Å². The van der Waals surface area contributed by atoms with Gasteiger partial charge in [-0.1, -0.05) is 39.5 Å². The molecule has 1 N–H and O–H groups in total. The molecular weight excluding hydrogens is 216 g/mol. The van der Waals surface area contributed by atoms with Crippen molar-refractivity contribution in [1.29, 1.82) is 0 Å². The van der Waals surface area contributed by atoms with Gasteiger partial charge < -0.3 is 5.32 Å². The summed E-state index contributed by atoms with van der Waals surface area (Å²) in [5.74, 6) is 1.98. The number of hydrogen-bond acceptors (Lipinski definition) is 3. The highest BCUT2D eigenvalue weighted by Crippen LogP contribution is 2.51. The standard InChI is InChI=1S/C13H24N2S/c1-10(2)13(5-6-13)8-15-11-14-7-12(3,4)9-16-11/h10H,5-9H2,1-4H3,(H,14,15). The first kappa shape index (κ1) is 12.3. The van der Waals surface area contributed by atoms with Crippen LogP contribution in [0.1, 0.15) is 40.5 Å². The van der Waals surface area contributed by atoms with Crippen molar-refractivity contribution >= 4 is 16.9 Å². The third kappa shape index (κ3) is 2.73. The maximum Gasteiger partial charge on any atom is 0.156 e. The Bertz CT molecular complexity index is 290. The van der Waals surface area contributed by atoms with E-state index in [1.54, 1.807) is 0 Å². The van der Waals surface area contributed by atoms with E-state index >= 15 is 0 Å². The number of nitrogens with one attached hydrogen (secondary N) is 1. The first-order valence-electron chi connectivity index (χ1n) is 6.35. The molecule has 1 aliphatic carbocycles. The molecule has 92 valence electrons. The molecule has 0 radical (unpaired) electrons. The second kappa shape index (κ2) is 4.25. The van der Waals surface area contributed by atoms with Gasteiger partial charge in [0.1, 0.15) is 0 Å². The molecular formula is C13H24N2S. The van der Waals surface area contributed by atoms with Crippen LogP contribution >= 0.6 is 11.8 Å². The summed E-state index contributed by atoms with van der Waals surface area (Å²) in [5, 5.41) is 4.73. The van der Waals surface area contributed by atoms with Crippen LogP contribution in [0.3, 0.4) is 0 Å². The lowest BCUT2D eigenvalue weighted by molar-refractivity contribution is 0.357. The second-order valence-electron chi connectivity index (χ2n) is 6.44. The molecule has 0 aromatic rings. The predicted molar refractivity (Wildman–Crippen MR) is 73.0 cm³/mol. The summed E-state index contributed by atoms with van der Waals surface area (Å²) in [6.45, 7) is 11.3. The summed E-state index contributed by atoms with van der Waals surface area (Å²) in [4.78, 5) is 4.64. The summed E-state index contributed by atoms with van der Waals surface area (Å²) >= 11 is 1.89. The predicted octanol–water partition coefficient (Wildman–Crippen LogP) is 3.14. The average Bonchev–Trinajstić information content (AvgIpc) is 2.97. The molecule has 0 atom stereocenters. The Balaban J connectivity index is 1.82. The lowest BCUT2D eigenvalue weighted by atomic mass is 9.92. The van der Waals surface area contributed by atoms with Crippen molar-refractivity contribution in [2.24, 2.45) is 21.7 Å². The molecule has 1 saturated carbocycles. The fourth-order valence-electron chi connectivity index (χ4n) is 2.12. The van der Waals surface area contributed by atoms with E-state index in [2.05, 4.69) is 38.0 Å². The SMILES string of the molecule is CC(C)C1(CNC2=NCC(C)(C)CS2)CC1. The van der Waals surface area contributed by atoms with Gasteiger partial charge in [-0.2, -0.15) is 0 Å². The van der Waals surface area contributed by atoms with E-state index in [9.17, 15) is 0 Å².